The number of nitrogens with zero attached hydrogens (tertiary/aromatic N) is 5. The van der Waals surface area contributed by atoms with E-state index in [-0.39, 0.29) is 17.6 Å². The molecular formula is C28H33F2N5O2. The standard InChI is InChI=1S/C28H33F2N5O2/c1-16-17(2)32-25-22(31-16)23(27-8-10-28(15-27,11-9-27)26(3,29)30)33-24(34-25)18-7-12-37-20(13-18)19-5-6-21(36)35(4)14-19/h5-6,14,18,20H,7-13,15H2,1-4H3/t18-,20+,27?,28?/m0/s1. The number of aryl methyl sites for hydroxylation is 3. The van der Waals surface area contributed by atoms with Gasteiger partial charge in [0.05, 0.1) is 23.2 Å². The lowest BCUT2D eigenvalue weighted by Gasteiger charge is -2.33. The predicted octanol–water partition coefficient (Wildman–Crippen LogP) is 5.23. The lowest BCUT2D eigenvalue weighted by atomic mass is 9.77. The van der Waals surface area contributed by atoms with Crippen LogP contribution in [0.4, 0.5) is 8.78 Å². The zero-order valence-electron chi connectivity index (χ0n) is 21.9. The Kier molecular flexibility index (Phi) is 5.53. The molecule has 0 N–H and O–H groups in total. The number of aromatic nitrogens is 5. The molecule has 1 aliphatic heterocycles. The highest BCUT2D eigenvalue weighted by atomic mass is 19.3. The Morgan fingerprint density at radius 3 is 2.46 bits per heavy atom. The zero-order valence-corrected chi connectivity index (χ0v) is 21.9. The van der Waals surface area contributed by atoms with Crippen molar-refractivity contribution in [3.05, 3.63) is 57.2 Å². The van der Waals surface area contributed by atoms with Crippen molar-refractivity contribution in [1.82, 2.24) is 24.5 Å². The minimum Gasteiger partial charge on any atom is -0.373 e. The van der Waals surface area contributed by atoms with Gasteiger partial charge in [-0.15, -0.1) is 0 Å². The molecule has 6 rings (SSSR count). The number of pyridine rings is 1. The van der Waals surface area contributed by atoms with Crippen molar-refractivity contribution >= 4 is 11.2 Å². The third-order valence-corrected chi connectivity index (χ3v) is 9.36. The van der Waals surface area contributed by atoms with Crippen LogP contribution in [0.25, 0.3) is 11.2 Å². The van der Waals surface area contributed by atoms with Crippen LogP contribution in [0, 0.1) is 19.3 Å². The van der Waals surface area contributed by atoms with Gasteiger partial charge in [-0.3, -0.25) is 4.79 Å². The molecule has 2 saturated carbocycles. The fraction of sp³-hybridized carbons (Fsp3) is 0.607. The van der Waals surface area contributed by atoms with E-state index in [2.05, 4.69) is 0 Å². The second kappa shape index (κ2) is 8.35. The number of rotatable bonds is 4. The quantitative estimate of drug-likeness (QED) is 0.479. The average molecular weight is 510 g/mol. The molecule has 3 aliphatic rings. The smallest absolute Gasteiger partial charge is 0.250 e. The lowest BCUT2D eigenvalue weighted by Crippen LogP contribution is -2.34. The van der Waals surface area contributed by atoms with Crippen molar-refractivity contribution in [3.8, 4) is 0 Å². The summed E-state index contributed by atoms with van der Waals surface area (Å²) in [5, 5.41) is 0. The van der Waals surface area contributed by atoms with Crippen molar-refractivity contribution in [1.29, 1.82) is 0 Å². The molecule has 0 radical (unpaired) electrons. The molecule has 0 amide bonds. The van der Waals surface area contributed by atoms with E-state index in [9.17, 15) is 13.6 Å². The van der Waals surface area contributed by atoms with Gasteiger partial charge >= 0.3 is 0 Å². The average Bonchev–Trinajstić information content (AvgIpc) is 3.45. The molecule has 3 aromatic heterocycles. The van der Waals surface area contributed by atoms with Crippen LogP contribution in [0.1, 0.15) is 92.4 Å². The summed E-state index contributed by atoms with van der Waals surface area (Å²) in [6.07, 6.45) is 5.88. The van der Waals surface area contributed by atoms with Gasteiger partial charge < -0.3 is 9.30 Å². The highest BCUT2D eigenvalue weighted by molar-refractivity contribution is 5.74. The maximum absolute atomic E-state index is 14.8. The highest BCUT2D eigenvalue weighted by Crippen LogP contribution is 2.67. The SMILES string of the molecule is Cc1nc2nc([C@H]3CCO[C@@H](c4ccc(=O)n(C)c4)C3)nc(C34CCC(C(C)(F)F)(CC3)C4)c2nc1C. The summed E-state index contributed by atoms with van der Waals surface area (Å²) in [5.41, 5.74) is 3.12. The van der Waals surface area contributed by atoms with E-state index in [1.807, 2.05) is 26.1 Å². The first-order valence-electron chi connectivity index (χ1n) is 13.2. The van der Waals surface area contributed by atoms with Gasteiger partial charge in [0, 0.05) is 42.7 Å². The van der Waals surface area contributed by atoms with Crippen LogP contribution in [0.3, 0.4) is 0 Å². The minimum atomic E-state index is -2.72. The number of fused-ring (bicyclic) bond motifs is 3. The predicted molar refractivity (Wildman–Crippen MR) is 135 cm³/mol. The van der Waals surface area contributed by atoms with Crippen LogP contribution in [-0.2, 0) is 17.2 Å². The lowest BCUT2D eigenvalue weighted by molar-refractivity contribution is -0.102. The van der Waals surface area contributed by atoms with Crippen LogP contribution in [0.15, 0.2) is 23.1 Å². The molecule has 37 heavy (non-hydrogen) atoms. The number of hydrogen-bond acceptors (Lipinski definition) is 6. The van der Waals surface area contributed by atoms with E-state index < -0.39 is 16.8 Å². The second-order valence-electron chi connectivity index (χ2n) is 11.6. The molecule has 0 unspecified atom stereocenters. The summed E-state index contributed by atoms with van der Waals surface area (Å²) < 4.78 is 37.2. The number of alkyl halides is 2. The van der Waals surface area contributed by atoms with Crippen molar-refractivity contribution in [3.63, 3.8) is 0 Å². The molecule has 0 aromatic carbocycles. The number of hydrogen-bond donors (Lipinski definition) is 0. The largest absolute Gasteiger partial charge is 0.373 e. The summed E-state index contributed by atoms with van der Waals surface area (Å²) >= 11 is 0. The Morgan fingerprint density at radius 1 is 1.05 bits per heavy atom. The van der Waals surface area contributed by atoms with E-state index in [4.69, 9.17) is 24.7 Å². The molecule has 3 fully saturated rings. The molecule has 2 bridgehead atoms. The van der Waals surface area contributed by atoms with Gasteiger partial charge in [0.1, 0.15) is 11.3 Å². The molecule has 9 heteroatoms. The van der Waals surface area contributed by atoms with Gasteiger partial charge in [-0.1, -0.05) is 0 Å². The number of ether oxygens (including phenoxy) is 1. The third-order valence-electron chi connectivity index (χ3n) is 9.36. The summed E-state index contributed by atoms with van der Waals surface area (Å²) in [6.45, 7) is 5.46. The fourth-order valence-corrected chi connectivity index (χ4v) is 6.87. The molecule has 1 saturated heterocycles. The summed E-state index contributed by atoms with van der Waals surface area (Å²) in [7, 11) is 1.73. The van der Waals surface area contributed by atoms with E-state index in [0.29, 0.717) is 62.1 Å². The Morgan fingerprint density at radius 2 is 1.78 bits per heavy atom. The summed E-state index contributed by atoms with van der Waals surface area (Å²) in [5.74, 6) is -2.00. The van der Waals surface area contributed by atoms with Crippen molar-refractivity contribution in [2.75, 3.05) is 6.61 Å². The Balaban J connectivity index is 1.43. The summed E-state index contributed by atoms with van der Waals surface area (Å²) in [4.78, 5) is 31.5. The van der Waals surface area contributed by atoms with E-state index in [1.54, 1.807) is 17.7 Å². The van der Waals surface area contributed by atoms with Crippen molar-refractivity contribution < 1.29 is 13.5 Å². The molecule has 0 spiro atoms. The van der Waals surface area contributed by atoms with Crippen molar-refractivity contribution in [2.24, 2.45) is 12.5 Å². The molecule has 4 heterocycles. The first-order chi connectivity index (χ1) is 17.5. The van der Waals surface area contributed by atoms with E-state index >= 15 is 0 Å². The Hall–Kier alpha value is -2.81. The summed E-state index contributed by atoms with van der Waals surface area (Å²) in [6, 6.07) is 3.38. The third kappa shape index (κ3) is 3.88. The second-order valence-corrected chi connectivity index (χ2v) is 11.6. The van der Waals surface area contributed by atoms with Gasteiger partial charge in [-0.25, -0.2) is 28.7 Å². The van der Waals surface area contributed by atoms with Gasteiger partial charge in [0.15, 0.2) is 5.65 Å². The fourth-order valence-electron chi connectivity index (χ4n) is 6.87. The normalized spacial score (nSPS) is 29.8. The first kappa shape index (κ1) is 24.5. The van der Waals surface area contributed by atoms with E-state index in [1.165, 1.54) is 0 Å². The molecule has 2 aliphatic carbocycles. The van der Waals surface area contributed by atoms with Crippen LogP contribution in [-0.4, -0.2) is 37.0 Å². The molecule has 2 atom stereocenters. The van der Waals surface area contributed by atoms with Gasteiger partial charge in [0.2, 0.25) is 5.56 Å². The van der Waals surface area contributed by atoms with E-state index in [0.717, 1.165) is 36.0 Å². The van der Waals surface area contributed by atoms with Gasteiger partial charge in [-0.05, 0) is 77.3 Å². The molecule has 196 valence electrons. The zero-order chi connectivity index (χ0) is 26.2. The van der Waals surface area contributed by atoms with Gasteiger partial charge in [0.25, 0.3) is 5.92 Å². The molecule has 3 aromatic rings. The Labute approximate surface area is 214 Å². The Bertz CT molecular complexity index is 1440. The minimum absolute atomic E-state index is 0.0270. The maximum atomic E-state index is 14.8. The van der Waals surface area contributed by atoms with Crippen LogP contribution < -0.4 is 5.56 Å². The van der Waals surface area contributed by atoms with Gasteiger partial charge in [-0.2, -0.15) is 0 Å². The van der Waals surface area contributed by atoms with Crippen molar-refractivity contribution in [2.45, 2.75) is 89.1 Å². The first-order valence-corrected chi connectivity index (χ1v) is 13.2. The topological polar surface area (TPSA) is 82.8 Å². The van der Waals surface area contributed by atoms with Crippen LogP contribution in [0.2, 0.25) is 0 Å². The number of halogens is 2. The monoisotopic (exact) mass is 509 g/mol. The highest BCUT2D eigenvalue weighted by Gasteiger charge is 2.64. The maximum Gasteiger partial charge on any atom is 0.250 e. The van der Waals surface area contributed by atoms with Crippen LogP contribution >= 0.6 is 0 Å². The van der Waals surface area contributed by atoms with Crippen LogP contribution in [0.5, 0.6) is 0 Å². The molecule has 7 nitrogen and oxygen atoms in total. The molecular weight excluding hydrogens is 476 g/mol.